The fourth-order valence-electron chi connectivity index (χ4n) is 4.02. The van der Waals surface area contributed by atoms with Gasteiger partial charge in [0.2, 0.25) is 0 Å². The van der Waals surface area contributed by atoms with Gasteiger partial charge in [0.15, 0.2) is 0 Å². The minimum atomic E-state index is -0.586. The molecule has 2 rings (SSSR count). The van der Waals surface area contributed by atoms with Gasteiger partial charge in [0, 0.05) is 0 Å². The molecule has 0 bridgehead atoms. The smallest absolute Gasteiger partial charge is 0.134 e. The quantitative estimate of drug-likeness (QED) is 0.188. The van der Waals surface area contributed by atoms with Crippen LogP contribution in [0.25, 0.3) is 6.08 Å². The topological polar surface area (TPSA) is 17.1 Å². The number of hydrogen-bond donors (Lipinski definition) is 0. The van der Waals surface area contributed by atoms with Gasteiger partial charge in [-0.3, -0.25) is 0 Å². The molecule has 0 saturated heterocycles. The molecule has 2 aromatic carbocycles. The molecule has 0 radical (unpaired) electrons. The third-order valence-electron chi connectivity index (χ3n) is 5.96. The van der Waals surface area contributed by atoms with E-state index in [0.29, 0.717) is 0 Å². The Morgan fingerprint density at radius 3 is 2.27 bits per heavy atom. The molecular formula is C29H38O. The van der Waals surface area contributed by atoms with E-state index in [0.717, 1.165) is 32.1 Å². The van der Waals surface area contributed by atoms with Crippen molar-refractivity contribution in [3.63, 3.8) is 0 Å². The minimum absolute atomic E-state index is 0.586. The molecule has 0 aromatic heterocycles. The van der Waals surface area contributed by atoms with E-state index in [9.17, 15) is 4.79 Å². The third-order valence-corrected chi connectivity index (χ3v) is 5.96. The van der Waals surface area contributed by atoms with E-state index in [1.807, 2.05) is 6.07 Å². The van der Waals surface area contributed by atoms with Crippen molar-refractivity contribution in [2.45, 2.75) is 77.6 Å². The summed E-state index contributed by atoms with van der Waals surface area (Å²) in [4.78, 5) is 12.6. The first-order valence-electron chi connectivity index (χ1n) is 11.6. The second kappa shape index (κ2) is 13.0. The summed E-state index contributed by atoms with van der Waals surface area (Å²) in [7, 11) is 0. The van der Waals surface area contributed by atoms with E-state index in [1.54, 1.807) is 0 Å². The van der Waals surface area contributed by atoms with E-state index >= 15 is 0 Å². The lowest BCUT2D eigenvalue weighted by molar-refractivity contribution is -0.111. The maximum absolute atomic E-state index is 12.6. The fourth-order valence-corrected chi connectivity index (χ4v) is 4.02. The molecule has 1 heteroatoms. The van der Waals surface area contributed by atoms with Gasteiger partial charge < -0.3 is 4.79 Å². The molecule has 0 N–H and O–H groups in total. The molecule has 0 spiro atoms. The van der Waals surface area contributed by atoms with Crippen molar-refractivity contribution in [2.75, 3.05) is 0 Å². The summed E-state index contributed by atoms with van der Waals surface area (Å²) < 4.78 is 0. The number of unbranched alkanes of at least 4 members (excludes halogenated alkanes) is 4. The number of aldehydes is 1. The Bertz CT molecular complexity index is 815. The van der Waals surface area contributed by atoms with Crippen molar-refractivity contribution < 1.29 is 4.79 Å². The van der Waals surface area contributed by atoms with E-state index in [2.05, 4.69) is 87.5 Å². The van der Waals surface area contributed by atoms with Gasteiger partial charge in [0.05, 0.1) is 5.41 Å². The minimum Gasteiger partial charge on any atom is -0.302 e. The summed E-state index contributed by atoms with van der Waals surface area (Å²) in [5.41, 5.74) is 4.28. The summed E-state index contributed by atoms with van der Waals surface area (Å²) in [6, 6.07) is 18.8. The van der Waals surface area contributed by atoms with E-state index < -0.39 is 5.41 Å². The van der Waals surface area contributed by atoms with Crippen LogP contribution in [-0.4, -0.2) is 6.29 Å². The van der Waals surface area contributed by atoms with Crippen LogP contribution < -0.4 is 0 Å². The van der Waals surface area contributed by atoms with Gasteiger partial charge in [-0.05, 0) is 49.3 Å². The summed E-state index contributed by atoms with van der Waals surface area (Å²) >= 11 is 0. The first kappa shape index (κ1) is 23.9. The molecule has 0 saturated carbocycles. The van der Waals surface area contributed by atoms with Crippen molar-refractivity contribution in [1.29, 1.82) is 0 Å². The Balaban J connectivity index is 2.39. The maximum atomic E-state index is 12.6. The predicted molar refractivity (Wildman–Crippen MR) is 131 cm³/mol. The second-order valence-corrected chi connectivity index (χ2v) is 8.35. The molecule has 0 heterocycles. The van der Waals surface area contributed by atoms with Crippen molar-refractivity contribution >= 4 is 12.4 Å². The molecule has 1 atom stereocenters. The van der Waals surface area contributed by atoms with Crippen LogP contribution in [0.15, 0.2) is 72.3 Å². The zero-order chi connectivity index (χ0) is 21.7. The highest BCUT2D eigenvalue weighted by Crippen LogP contribution is 2.36. The molecule has 0 fully saturated rings. The molecule has 0 aliphatic heterocycles. The first-order valence-corrected chi connectivity index (χ1v) is 11.6. The van der Waals surface area contributed by atoms with Gasteiger partial charge in [-0.15, -0.1) is 0 Å². The van der Waals surface area contributed by atoms with Crippen molar-refractivity contribution in [3.8, 4) is 0 Å². The Hall–Kier alpha value is -2.41. The van der Waals surface area contributed by atoms with Crippen LogP contribution in [0.5, 0.6) is 0 Å². The Morgan fingerprint density at radius 2 is 1.57 bits per heavy atom. The van der Waals surface area contributed by atoms with Crippen LogP contribution in [0, 0.1) is 0 Å². The van der Waals surface area contributed by atoms with E-state index in [-0.39, 0.29) is 0 Å². The van der Waals surface area contributed by atoms with Gasteiger partial charge in [-0.2, -0.15) is 0 Å². The highest BCUT2D eigenvalue weighted by molar-refractivity contribution is 5.75. The maximum Gasteiger partial charge on any atom is 0.134 e. The normalized spacial score (nSPS) is 14.0. The van der Waals surface area contributed by atoms with Crippen molar-refractivity contribution in [1.82, 2.24) is 0 Å². The summed E-state index contributed by atoms with van der Waals surface area (Å²) in [6.45, 7) is 6.56. The zero-order valence-electron chi connectivity index (χ0n) is 19.1. The summed E-state index contributed by atoms with van der Waals surface area (Å²) in [5.74, 6) is 0. The largest absolute Gasteiger partial charge is 0.302 e. The molecule has 0 aliphatic rings. The standard InChI is InChI=1S/C29H38O/c1-4-6-8-12-21-27(22-15-18-25-16-10-9-11-17-25)29(3,24-30)28-23-14-13-20-26(28)19-7-5-2/h9-11,13-18,20,22-24H,4-8,12,19,21H2,1-3H3. The number of carbonyl (C=O) groups is 1. The Kier molecular flexibility index (Phi) is 10.3. The number of aryl methyl sites for hydroxylation is 1. The lowest BCUT2D eigenvalue weighted by atomic mass is 9.72. The lowest BCUT2D eigenvalue weighted by Gasteiger charge is -2.30. The Labute approximate surface area is 183 Å². The average Bonchev–Trinajstić information content (AvgIpc) is 2.79. The molecular weight excluding hydrogens is 364 g/mol. The van der Waals surface area contributed by atoms with Crippen LogP contribution in [0.4, 0.5) is 0 Å². The number of rotatable bonds is 13. The van der Waals surface area contributed by atoms with Crippen LogP contribution in [0.3, 0.4) is 0 Å². The summed E-state index contributed by atoms with van der Waals surface area (Å²) in [5, 5.41) is 0. The molecule has 2 aromatic rings. The van der Waals surface area contributed by atoms with Gasteiger partial charge in [0.25, 0.3) is 0 Å². The molecule has 30 heavy (non-hydrogen) atoms. The van der Waals surface area contributed by atoms with Crippen LogP contribution in [0.1, 0.15) is 82.4 Å². The molecule has 0 amide bonds. The Morgan fingerprint density at radius 1 is 0.867 bits per heavy atom. The monoisotopic (exact) mass is 402 g/mol. The zero-order valence-corrected chi connectivity index (χ0v) is 19.1. The number of allylic oxidation sites excluding steroid dienone is 3. The first-order chi connectivity index (χ1) is 14.7. The highest BCUT2D eigenvalue weighted by Gasteiger charge is 2.32. The highest BCUT2D eigenvalue weighted by atomic mass is 16.1. The number of hydrogen-bond acceptors (Lipinski definition) is 1. The van der Waals surface area contributed by atoms with Crippen molar-refractivity contribution in [2.24, 2.45) is 0 Å². The van der Waals surface area contributed by atoms with E-state index in [1.165, 1.54) is 47.8 Å². The van der Waals surface area contributed by atoms with Gasteiger partial charge in [0.1, 0.15) is 6.29 Å². The predicted octanol–water partition coefficient (Wildman–Crippen LogP) is 8.10. The SMILES string of the molecule is CCCCCCC(=CC=Cc1ccccc1)C(C)(C=O)c1ccccc1CCCC. The molecule has 160 valence electrons. The van der Waals surface area contributed by atoms with Crippen LogP contribution in [-0.2, 0) is 16.6 Å². The molecule has 1 nitrogen and oxygen atoms in total. The average molecular weight is 403 g/mol. The van der Waals surface area contributed by atoms with Gasteiger partial charge in [-0.1, -0.05) is 118 Å². The van der Waals surface area contributed by atoms with Gasteiger partial charge >= 0.3 is 0 Å². The third kappa shape index (κ3) is 6.83. The molecule has 0 aliphatic carbocycles. The van der Waals surface area contributed by atoms with Gasteiger partial charge in [-0.25, -0.2) is 0 Å². The summed E-state index contributed by atoms with van der Waals surface area (Å²) in [6.07, 6.45) is 16.7. The number of carbonyl (C=O) groups excluding carboxylic acids is 1. The van der Waals surface area contributed by atoms with Crippen LogP contribution in [0.2, 0.25) is 0 Å². The number of benzene rings is 2. The lowest BCUT2D eigenvalue weighted by Crippen LogP contribution is -2.28. The fraction of sp³-hybridized carbons (Fsp3) is 0.414. The molecule has 1 unspecified atom stereocenters. The second-order valence-electron chi connectivity index (χ2n) is 8.35. The van der Waals surface area contributed by atoms with Crippen molar-refractivity contribution in [3.05, 3.63) is 89.0 Å². The van der Waals surface area contributed by atoms with Crippen LogP contribution >= 0.6 is 0 Å². The van der Waals surface area contributed by atoms with E-state index in [4.69, 9.17) is 0 Å².